The van der Waals surface area contributed by atoms with Crippen LogP contribution in [0.15, 0.2) is 48.5 Å². The highest BCUT2D eigenvalue weighted by molar-refractivity contribution is 6.30. The maximum Gasteiger partial charge on any atom is 0.246 e. The first-order valence-corrected chi connectivity index (χ1v) is 8.44. The number of fused-ring (bicyclic) bond motifs is 3. The molecule has 0 bridgehead atoms. The Labute approximate surface area is 145 Å². The van der Waals surface area contributed by atoms with E-state index in [1.54, 1.807) is 15.9 Å². The van der Waals surface area contributed by atoms with E-state index in [0.29, 0.717) is 18.0 Å². The summed E-state index contributed by atoms with van der Waals surface area (Å²) >= 11 is 6.19. The molecule has 2 heterocycles. The van der Waals surface area contributed by atoms with Crippen molar-refractivity contribution in [2.75, 3.05) is 11.4 Å². The van der Waals surface area contributed by atoms with Gasteiger partial charge in [-0.05, 0) is 35.7 Å². The zero-order valence-corrected chi connectivity index (χ0v) is 13.9. The van der Waals surface area contributed by atoms with E-state index in [1.807, 2.05) is 42.5 Å². The van der Waals surface area contributed by atoms with Crippen molar-refractivity contribution in [2.45, 2.75) is 25.4 Å². The fraction of sp³-hybridized carbons (Fsp3) is 0.263. The average molecular weight is 341 g/mol. The van der Waals surface area contributed by atoms with E-state index in [-0.39, 0.29) is 24.4 Å². The van der Waals surface area contributed by atoms with Crippen molar-refractivity contribution in [3.8, 4) is 0 Å². The molecule has 0 aliphatic carbocycles. The molecule has 4 nitrogen and oxygen atoms in total. The van der Waals surface area contributed by atoms with Gasteiger partial charge in [0.2, 0.25) is 11.8 Å². The molecule has 4 rings (SSSR count). The summed E-state index contributed by atoms with van der Waals surface area (Å²) in [6, 6.07) is 15.4. The van der Waals surface area contributed by atoms with Gasteiger partial charge in [-0.3, -0.25) is 9.59 Å². The first-order valence-electron chi connectivity index (χ1n) is 8.07. The number of amides is 2. The summed E-state index contributed by atoms with van der Waals surface area (Å²) < 4.78 is 0. The molecule has 2 amide bonds. The molecule has 2 aromatic rings. The molecule has 2 aliphatic heterocycles. The molecule has 1 unspecified atom stereocenters. The van der Waals surface area contributed by atoms with Gasteiger partial charge in [-0.2, -0.15) is 0 Å². The number of carbonyl (C=O) groups is 2. The first kappa shape index (κ1) is 15.2. The van der Waals surface area contributed by atoms with Gasteiger partial charge in [0.05, 0.1) is 12.6 Å². The van der Waals surface area contributed by atoms with Gasteiger partial charge in [-0.25, -0.2) is 0 Å². The molecular weight excluding hydrogens is 324 g/mol. The lowest BCUT2D eigenvalue weighted by atomic mass is 10.0. The summed E-state index contributed by atoms with van der Waals surface area (Å²) in [4.78, 5) is 28.5. The van der Waals surface area contributed by atoms with E-state index >= 15 is 0 Å². The van der Waals surface area contributed by atoms with Crippen LogP contribution in [0.4, 0.5) is 5.69 Å². The van der Waals surface area contributed by atoms with Crippen molar-refractivity contribution < 1.29 is 9.59 Å². The highest BCUT2D eigenvalue weighted by atomic mass is 35.5. The van der Waals surface area contributed by atoms with Gasteiger partial charge in [-0.15, -0.1) is 0 Å². The monoisotopic (exact) mass is 340 g/mol. The molecular formula is C19H17ClN2O2. The topological polar surface area (TPSA) is 40.6 Å². The minimum Gasteiger partial charge on any atom is -0.326 e. The molecule has 0 spiro atoms. The van der Waals surface area contributed by atoms with Gasteiger partial charge in [-0.1, -0.05) is 41.9 Å². The third kappa shape index (κ3) is 2.57. The van der Waals surface area contributed by atoms with E-state index < -0.39 is 0 Å². The second-order valence-electron chi connectivity index (χ2n) is 6.24. The number of anilines is 1. The van der Waals surface area contributed by atoms with Crippen molar-refractivity contribution in [1.29, 1.82) is 0 Å². The predicted octanol–water partition coefficient (Wildman–Crippen LogP) is 3.55. The summed E-state index contributed by atoms with van der Waals surface area (Å²) in [5, 5.41) is 0.627. The van der Waals surface area contributed by atoms with E-state index in [9.17, 15) is 9.59 Å². The number of nitrogens with zero attached hydrogens (tertiary/aromatic N) is 2. The van der Waals surface area contributed by atoms with Crippen LogP contribution in [0.2, 0.25) is 5.02 Å². The Morgan fingerprint density at radius 3 is 2.62 bits per heavy atom. The maximum atomic E-state index is 12.9. The number of carbonyl (C=O) groups excluding carboxylic acids is 2. The van der Waals surface area contributed by atoms with Crippen molar-refractivity contribution in [2.24, 2.45) is 0 Å². The van der Waals surface area contributed by atoms with Gasteiger partial charge < -0.3 is 9.80 Å². The molecule has 0 radical (unpaired) electrons. The normalized spacial score (nSPS) is 20.0. The largest absolute Gasteiger partial charge is 0.326 e. The third-order valence-corrected chi connectivity index (χ3v) is 4.99. The van der Waals surface area contributed by atoms with Crippen molar-refractivity contribution in [1.82, 2.24) is 4.90 Å². The summed E-state index contributed by atoms with van der Waals surface area (Å²) in [5.41, 5.74) is 2.88. The molecule has 0 N–H and O–H groups in total. The second kappa shape index (κ2) is 5.95. The zero-order chi connectivity index (χ0) is 16.7. The zero-order valence-electron chi connectivity index (χ0n) is 13.1. The fourth-order valence-corrected chi connectivity index (χ4v) is 3.78. The lowest BCUT2D eigenvalue weighted by Gasteiger charge is -2.23. The lowest BCUT2D eigenvalue weighted by molar-refractivity contribution is -0.133. The number of rotatable bonds is 2. The lowest BCUT2D eigenvalue weighted by Crippen LogP contribution is -2.38. The van der Waals surface area contributed by atoms with E-state index in [2.05, 4.69) is 0 Å². The smallest absolute Gasteiger partial charge is 0.246 e. The molecule has 24 heavy (non-hydrogen) atoms. The van der Waals surface area contributed by atoms with Gasteiger partial charge in [0.15, 0.2) is 0 Å². The summed E-state index contributed by atoms with van der Waals surface area (Å²) in [7, 11) is 0. The molecule has 1 atom stereocenters. The highest BCUT2D eigenvalue weighted by Gasteiger charge is 2.39. The second-order valence-corrected chi connectivity index (χ2v) is 6.68. The van der Waals surface area contributed by atoms with E-state index in [0.717, 1.165) is 23.2 Å². The van der Waals surface area contributed by atoms with Crippen LogP contribution in [0, 0.1) is 0 Å². The molecule has 0 aromatic heterocycles. The van der Waals surface area contributed by atoms with Crippen molar-refractivity contribution in [3.63, 3.8) is 0 Å². The highest BCUT2D eigenvalue weighted by Crippen LogP contribution is 2.41. The van der Waals surface area contributed by atoms with E-state index in [1.165, 1.54) is 0 Å². The third-order valence-electron chi connectivity index (χ3n) is 4.76. The summed E-state index contributed by atoms with van der Waals surface area (Å²) in [6.07, 6.45) is 1.22. The fourth-order valence-electron chi connectivity index (χ4n) is 3.60. The predicted molar refractivity (Wildman–Crippen MR) is 92.8 cm³/mol. The molecule has 1 fully saturated rings. The van der Waals surface area contributed by atoms with Gasteiger partial charge in [0, 0.05) is 17.1 Å². The Morgan fingerprint density at radius 2 is 1.83 bits per heavy atom. The maximum absolute atomic E-state index is 12.9. The van der Waals surface area contributed by atoms with Gasteiger partial charge in [0.1, 0.15) is 6.54 Å². The number of hydrogen-bond acceptors (Lipinski definition) is 2. The molecule has 1 saturated heterocycles. The quantitative estimate of drug-likeness (QED) is 0.838. The summed E-state index contributed by atoms with van der Waals surface area (Å²) in [6.45, 7) is 0.617. The van der Waals surface area contributed by atoms with Crippen LogP contribution in [0.25, 0.3) is 0 Å². The Bertz CT molecular complexity index is 806. The Balaban J connectivity index is 1.80. The van der Waals surface area contributed by atoms with Crippen LogP contribution in [0.5, 0.6) is 0 Å². The Hall–Kier alpha value is -2.33. The van der Waals surface area contributed by atoms with Gasteiger partial charge >= 0.3 is 0 Å². The van der Waals surface area contributed by atoms with Crippen molar-refractivity contribution in [3.05, 3.63) is 64.7 Å². The van der Waals surface area contributed by atoms with Crippen molar-refractivity contribution >= 4 is 29.1 Å². The Kier molecular flexibility index (Phi) is 3.77. The summed E-state index contributed by atoms with van der Waals surface area (Å²) in [5.74, 6) is -0.0130. The molecule has 2 aliphatic rings. The number of halogens is 1. The number of hydrogen-bond donors (Lipinski definition) is 0. The van der Waals surface area contributed by atoms with Gasteiger partial charge in [0.25, 0.3) is 0 Å². The van der Waals surface area contributed by atoms with Crippen LogP contribution < -0.4 is 4.90 Å². The van der Waals surface area contributed by atoms with Crippen LogP contribution in [0.3, 0.4) is 0 Å². The van der Waals surface area contributed by atoms with Crippen LogP contribution >= 0.6 is 11.6 Å². The minimum absolute atomic E-state index is 0.0424. The first-order chi connectivity index (χ1) is 11.6. The molecule has 5 heteroatoms. The van der Waals surface area contributed by atoms with Crippen LogP contribution in [-0.4, -0.2) is 23.3 Å². The Morgan fingerprint density at radius 1 is 1.04 bits per heavy atom. The van der Waals surface area contributed by atoms with Crippen LogP contribution in [0.1, 0.15) is 30.0 Å². The number of benzene rings is 2. The van der Waals surface area contributed by atoms with E-state index in [4.69, 9.17) is 11.6 Å². The standard InChI is InChI=1S/C19H17ClN2O2/c20-14-6-7-16-15(10-14)17-8-9-18(23)22(17)12-19(24)21(16)11-13-4-2-1-3-5-13/h1-7,10,17H,8-9,11-12H2. The van der Waals surface area contributed by atoms with Crippen LogP contribution in [-0.2, 0) is 16.1 Å². The molecule has 2 aromatic carbocycles. The minimum atomic E-state index is -0.0593. The molecule has 0 saturated carbocycles. The SMILES string of the molecule is O=C1CN2C(=O)CCC2c2cc(Cl)ccc2N1Cc1ccccc1. The average Bonchev–Trinajstić information content (AvgIpc) is 2.89. The molecule has 122 valence electrons.